The number of fused-ring (bicyclic) bond motifs is 1. The Morgan fingerprint density at radius 2 is 1.75 bits per heavy atom. The second kappa shape index (κ2) is 9.42. The summed E-state index contributed by atoms with van der Waals surface area (Å²) in [6, 6.07) is 9.13. The molecule has 0 atom stereocenters. The van der Waals surface area contributed by atoms with E-state index in [4.69, 9.17) is 16.3 Å². The quantitative estimate of drug-likeness (QED) is 0.451. The average molecular weight is 520 g/mol. The number of carbonyl (C=O) groups is 4. The molecule has 2 aromatic carbocycles. The van der Waals surface area contributed by atoms with Crippen LogP contribution in [0.25, 0.3) is 0 Å². The van der Waals surface area contributed by atoms with E-state index in [1.807, 2.05) is 0 Å². The highest BCUT2D eigenvalue weighted by molar-refractivity contribution is 9.10. The van der Waals surface area contributed by atoms with Crippen molar-refractivity contribution in [2.75, 3.05) is 11.9 Å². The highest BCUT2D eigenvalue weighted by Gasteiger charge is 2.40. The maximum atomic E-state index is 12.9. The van der Waals surface area contributed by atoms with E-state index in [0.717, 1.165) is 36.6 Å². The molecule has 0 bridgehead atoms. The standard InChI is InChI=1S/C23H20BrClN2O5/c24-14-7-9-19(18(25)11-14)26-20(28)12-32-23(31)13-6-8-16-17(10-13)22(30)27(21(16)29)15-4-2-1-3-5-15/h6-11,15H,1-5,12H2,(H,26,28). The number of benzene rings is 2. The molecule has 32 heavy (non-hydrogen) atoms. The molecule has 1 aliphatic carbocycles. The van der Waals surface area contributed by atoms with Crippen LogP contribution in [0, 0.1) is 0 Å². The lowest BCUT2D eigenvalue weighted by molar-refractivity contribution is -0.119. The van der Waals surface area contributed by atoms with Crippen molar-refractivity contribution in [1.82, 2.24) is 4.90 Å². The summed E-state index contributed by atoms with van der Waals surface area (Å²) in [7, 11) is 0. The van der Waals surface area contributed by atoms with E-state index in [-0.39, 0.29) is 29.0 Å². The molecule has 1 saturated carbocycles. The summed E-state index contributed by atoms with van der Waals surface area (Å²) < 4.78 is 5.84. The third-order valence-electron chi connectivity index (χ3n) is 5.63. The lowest BCUT2D eigenvalue weighted by Gasteiger charge is -2.29. The van der Waals surface area contributed by atoms with Crippen LogP contribution in [-0.2, 0) is 9.53 Å². The first-order chi connectivity index (χ1) is 15.3. The third kappa shape index (κ3) is 4.56. The molecule has 2 aromatic rings. The second-order valence-electron chi connectivity index (χ2n) is 7.78. The topological polar surface area (TPSA) is 92.8 Å². The van der Waals surface area contributed by atoms with Crippen molar-refractivity contribution in [2.45, 2.75) is 38.1 Å². The molecule has 0 unspecified atom stereocenters. The number of hydrogen-bond acceptors (Lipinski definition) is 5. The number of ether oxygens (including phenoxy) is 1. The fourth-order valence-electron chi connectivity index (χ4n) is 4.05. The van der Waals surface area contributed by atoms with Gasteiger partial charge in [-0.2, -0.15) is 0 Å². The van der Waals surface area contributed by atoms with Gasteiger partial charge in [-0.1, -0.05) is 46.8 Å². The predicted octanol–water partition coefficient (Wildman–Crippen LogP) is 4.83. The molecule has 0 spiro atoms. The van der Waals surface area contributed by atoms with E-state index in [9.17, 15) is 19.2 Å². The van der Waals surface area contributed by atoms with E-state index in [0.29, 0.717) is 16.3 Å². The minimum atomic E-state index is -0.763. The highest BCUT2D eigenvalue weighted by Crippen LogP contribution is 2.31. The lowest BCUT2D eigenvalue weighted by Crippen LogP contribution is -2.40. The van der Waals surface area contributed by atoms with Crippen molar-refractivity contribution in [1.29, 1.82) is 0 Å². The Balaban J connectivity index is 1.40. The Kier molecular flexibility index (Phi) is 6.62. The van der Waals surface area contributed by atoms with Gasteiger partial charge in [0.25, 0.3) is 17.7 Å². The minimum absolute atomic E-state index is 0.0966. The number of nitrogens with zero attached hydrogens (tertiary/aromatic N) is 1. The maximum absolute atomic E-state index is 12.9. The van der Waals surface area contributed by atoms with Gasteiger partial charge in [-0.05, 0) is 49.2 Å². The van der Waals surface area contributed by atoms with Gasteiger partial charge in [0, 0.05) is 10.5 Å². The lowest BCUT2D eigenvalue weighted by atomic mass is 9.94. The average Bonchev–Trinajstić information content (AvgIpc) is 3.04. The highest BCUT2D eigenvalue weighted by atomic mass is 79.9. The minimum Gasteiger partial charge on any atom is -0.452 e. The van der Waals surface area contributed by atoms with Gasteiger partial charge in [-0.3, -0.25) is 19.3 Å². The van der Waals surface area contributed by atoms with Crippen LogP contribution < -0.4 is 5.32 Å². The smallest absolute Gasteiger partial charge is 0.338 e. The van der Waals surface area contributed by atoms with E-state index in [1.165, 1.54) is 23.1 Å². The van der Waals surface area contributed by atoms with Gasteiger partial charge in [0.2, 0.25) is 0 Å². The molecule has 1 aliphatic heterocycles. The zero-order valence-electron chi connectivity index (χ0n) is 17.0. The molecule has 9 heteroatoms. The Labute approximate surface area is 198 Å². The number of amides is 3. The zero-order valence-corrected chi connectivity index (χ0v) is 19.4. The van der Waals surface area contributed by atoms with Crippen molar-refractivity contribution in [3.05, 3.63) is 62.6 Å². The second-order valence-corrected chi connectivity index (χ2v) is 9.10. The van der Waals surface area contributed by atoms with Crippen LogP contribution in [0.4, 0.5) is 5.69 Å². The van der Waals surface area contributed by atoms with Gasteiger partial charge < -0.3 is 10.1 Å². The van der Waals surface area contributed by atoms with Crippen LogP contribution in [0.1, 0.15) is 63.2 Å². The number of halogens is 2. The Bertz CT molecular complexity index is 1110. The summed E-state index contributed by atoms with van der Waals surface area (Å²) in [6.45, 7) is -0.524. The zero-order chi connectivity index (χ0) is 22.8. The molecule has 2 aliphatic rings. The SMILES string of the molecule is O=C(COC(=O)c1ccc2c(c1)C(=O)N(C1CCCCC1)C2=O)Nc1ccc(Br)cc1Cl. The number of anilines is 1. The van der Waals surface area contributed by atoms with Crippen LogP contribution in [0.3, 0.4) is 0 Å². The summed E-state index contributed by atoms with van der Waals surface area (Å²) in [4.78, 5) is 51.5. The monoisotopic (exact) mass is 518 g/mol. The first-order valence-corrected chi connectivity index (χ1v) is 11.5. The van der Waals surface area contributed by atoms with Gasteiger partial charge in [-0.25, -0.2) is 4.79 Å². The van der Waals surface area contributed by atoms with Crippen LogP contribution in [0.15, 0.2) is 40.9 Å². The van der Waals surface area contributed by atoms with Crippen LogP contribution in [0.5, 0.6) is 0 Å². The molecule has 1 fully saturated rings. The number of esters is 1. The molecular formula is C23H20BrClN2O5. The predicted molar refractivity (Wildman–Crippen MR) is 122 cm³/mol. The molecule has 1 heterocycles. The first kappa shape index (κ1) is 22.5. The van der Waals surface area contributed by atoms with Crippen molar-refractivity contribution in [2.24, 2.45) is 0 Å². The molecule has 1 N–H and O–H groups in total. The molecule has 7 nitrogen and oxygen atoms in total. The van der Waals surface area contributed by atoms with Crippen LogP contribution in [-0.4, -0.2) is 41.2 Å². The molecular weight excluding hydrogens is 500 g/mol. The number of rotatable bonds is 5. The summed E-state index contributed by atoms with van der Waals surface area (Å²) >= 11 is 9.34. The summed E-state index contributed by atoms with van der Waals surface area (Å²) in [5, 5.41) is 2.90. The van der Waals surface area contributed by atoms with E-state index >= 15 is 0 Å². The number of hydrogen-bond donors (Lipinski definition) is 1. The van der Waals surface area contributed by atoms with E-state index in [2.05, 4.69) is 21.2 Å². The number of carbonyl (C=O) groups excluding carboxylic acids is 4. The molecule has 3 amide bonds. The summed E-state index contributed by atoms with van der Waals surface area (Å²) in [5.41, 5.74) is 0.978. The van der Waals surface area contributed by atoms with Crippen molar-refractivity contribution >= 4 is 56.9 Å². The van der Waals surface area contributed by atoms with Crippen molar-refractivity contribution < 1.29 is 23.9 Å². The fourth-order valence-corrected chi connectivity index (χ4v) is 4.77. The third-order valence-corrected chi connectivity index (χ3v) is 6.44. The largest absolute Gasteiger partial charge is 0.452 e. The molecule has 0 saturated heterocycles. The van der Waals surface area contributed by atoms with E-state index in [1.54, 1.807) is 18.2 Å². The molecule has 166 valence electrons. The van der Waals surface area contributed by atoms with Gasteiger partial charge in [0.1, 0.15) is 0 Å². The van der Waals surface area contributed by atoms with Gasteiger partial charge >= 0.3 is 5.97 Å². The number of nitrogens with one attached hydrogen (secondary N) is 1. The summed E-state index contributed by atoms with van der Waals surface area (Å²) in [6.07, 6.45) is 4.69. The van der Waals surface area contributed by atoms with Crippen LogP contribution in [0.2, 0.25) is 5.02 Å². The van der Waals surface area contributed by atoms with Crippen molar-refractivity contribution in [3.8, 4) is 0 Å². The fraction of sp³-hybridized carbons (Fsp3) is 0.304. The summed E-state index contributed by atoms with van der Waals surface area (Å²) in [5.74, 6) is -2.02. The van der Waals surface area contributed by atoms with Crippen molar-refractivity contribution in [3.63, 3.8) is 0 Å². The van der Waals surface area contributed by atoms with Crippen LogP contribution >= 0.6 is 27.5 Å². The first-order valence-electron chi connectivity index (χ1n) is 10.3. The molecule has 4 rings (SSSR count). The Morgan fingerprint density at radius 1 is 1.03 bits per heavy atom. The van der Waals surface area contributed by atoms with Gasteiger partial charge in [0.05, 0.1) is 27.4 Å². The number of imide groups is 1. The Hall–Kier alpha value is -2.71. The normalized spacial score (nSPS) is 16.1. The van der Waals surface area contributed by atoms with E-state index < -0.39 is 18.5 Å². The molecule has 0 radical (unpaired) electrons. The Morgan fingerprint density at radius 3 is 2.47 bits per heavy atom. The maximum Gasteiger partial charge on any atom is 0.338 e. The van der Waals surface area contributed by atoms with Gasteiger partial charge in [0.15, 0.2) is 6.61 Å². The molecule has 0 aromatic heterocycles. The van der Waals surface area contributed by atoms with Gasteiger partial charge in [-0.15, -0.1) is 0 Å².